The van der Waals surface area contributed by atoms with E-state index < -0.39 is 18.1 Å². The zero-order chi connectivity index (χ0) is 22.7. The highest BCUT2D eigenvalue weighted by atomic mass is 16.5. The summed E-state index contributed by atoms with van der Waals surface area (Å²) in [5.41, 5.74) is 1.69. The van der Waals surface area contributed by atoms with Crippen molar-refractivity contribution in [2.75, 3.05) is 13.2 Å². The highest BCUT2D eigenvalue weighted by molar-refractivity contribution is 5.80. The largest absolute Gasteiger partial charge is 0.494 e. The predicted molar refractivity (Wildman–Crippen MR) is 119 cm³/mol. The Balaban J connectivity index is 1.77. The number of rotatable bonds is 11. The summed E-state index contributed by atoms with van der Waals surface area (Å²) in [6.07, 6.45) is 0.265. The van der Waals surface area contributed by atoms with E-state index >= 15 is 0 Å². The van der Waals surface area contributed by atoms with Crippen LogP contribution in [-0.2, 0) is 22.6 Å². The van der Waals surface area contributed by atoms with Crippen LogP contribution in [0.5, 0.6) is 5.75 Å². The van der Waals surface area contributed by atoms with Crippen LogP contribution < -0.4 is 15.4 Å². The Bertz CT molecular complexity index is 816. The Morgan fingerprint density at radius 2 is 1.68 bits per heavy atom. The van der Waals surface area contributed by atoms with E-state index in [4.69, 9.17) is 9.47 Å². The van der Waals surface area contributed by atoms with Gasteiger partial charge in [-0.15, -0.1) is 0 Å². The molecule has 0 saturated heterocycles. The van der Waals surface area contributed by atoms with Gasteiger partial charge in [-0.05, 0) is 57.0 Å². The fourth-order valence-electron chi connectivity index (χ4n) is 2.79. The fraction of sp³-hybridized carbons (Fsp3) is 0.417. The normalized spacial score (nSPS) is 12.1. The fourth-order valence-corrected chi connectivity index (χ4v) is 2.79. The van der Waals surface area contributed by atoms with Gasteiger partial charge >= 0.3 is 12.1 Å². The summed E-state index contributed by atoms with van der Waals surface area (Å²) >= 11 is 0. The first kappa shape index (κ1) is 24.2. The van der Waals surface area contributed by atoms with E-state index in [0.717, 1.165) is 29.8 Å². The van der Waals surface area contributed by atoms with Crippen molar-refractivity contribution in [2.45, 2.75) is 51.8 Å². The van der Waals surface area contributed by atoms with E-state index in [2.05, 4.69) is 31.4 Å². The van der Waals surface area contributed by atoms with Gasteiger partial charge < -0.3 is 25.2 Å². The van der Waals surface area contributed by atoms with Gasteiger partial charge in [-0.25, -0.2) is 9.59 Å². The number of hydrogen-bond donors (Lipinski definition) is 3. The van der Waals surface area contributed by atoms with Gasteiger partial charge in [0.15, 0.2) is 0 Å². The average molecular weight is 429 g/mol. The van der Waals surface area contributed by atoms with E-state index in [0.29, 0.717) is 6.61 Å². The lowest BCUT2D eigenvalue weighted by atomic mass is 10.1. The van der Waals surface area contributed by atoms with Crippen molar-refractivity contribution in [3.8, 4) is 5.75 Å². The Morgan fingerprint density at radius 3 is 2.29 bits per heavy atom. The summed E-state index contributed by atoms with van der Waals surface area (Å²) in [7, 11) is 0. The number of carbonyl (C=O) groups is 2. The van der Waals surface area contributed by atoms with Gasteiger partial charge in [0, 0.05) is 12.0 Å². The van der Waals surface area contributed by atoms with E-state index in [-0.39, 0.29) is 18.6 Å². The Hall–Kier alpha value is -3.06. The molecular weight excluding hydrogens is 396 g/mol. The second-order valence-corrected chi connectivity index (χ2v) is 8.32. The number of amides is 1. The predicted octanol–water partition coefficient (Wildman–Crippen LogP) is 3.77. The van der Waals surface area contributed by atoms with Gasteiger partial charge in [-0.1, -0.05) is 42.5 Å². The number of carbonyl (C=O) groups excluding carboxylic acids is 1. The molecular formula is C24H32N2O5. The quantitative estimate of drug-likeness (QED) is 0.472. The summed E-state index contributed by atoms with van der Waals surface area (Å²) < 4.78 is 10.8. The summed E-state index contributed by atoms with van der Waals surface area (Å²) in [6, 6.07) is 15.3. The zero-order valence-electron chi connectivity index (χ0n) is 18.4. The maximum absolute atomic E-state index is 12.0. The van der Waals surface area contributed by atoms with Crippen LogP contribution in [0.1, 0.15) is 38.3 Å². The minimum Gasteiger partial charge on any atom is -0.494 e. The van der Waals surface area contributed by atoms with E-state index in [1.54, 1.807) is 24.3 Å². The molecule has 0 aliphatic rings. The molecule has 168 valence electrons. The first-order valence-corrected chi connectivity index (χ1v) is 10.4. The monoisotopic (exact) mass is 428 g/mol. The second-order valence-electron chi connectivity index (χ2n) is 8.32. The third-order valence-electron chi connectivity index (χ3n) is 4.41. The molecule has 0 aromatic heterocycles. The molecule has 31 heavy (non-hydrogen) atoms. The lowest BCUT2D eigenvalue weighted by Gasteiger charge is -2.20. The molecule has 0 heterocycles. The van der Waals surface area contributed by atoms with Crippen molar-refractivity contribution in [1.29, 1.82) is 0 Å². The first-order valence-electron chi connectivity index (χ1n) is 10.4. The smallest absolute Gasteiger partial charge is 0.408 e. The number of benzene rings is 2. The number of aliphatic carboxylic acids is 1. The molecule has 0 spiro atoms. The molecule has 7 nitrogen and oxygen atoms in total. The topological polar surface area (TPSA) is 96.9 Å². The Kier molecular flexibility index (Phi) is 9.34. The standard InChI is InChI=1S/C24H32N2O5/c1-24(2,3)25-14-7-15-30-20-12-10-18(11-13-20)16-21(22(27)28)26-23(29)31-17-19-8-5-4-6-9-19/h4-6,8-13,21,25H,7,14-17H2,1-3H3,(H,26,29)(H,27,28)/t21-/m0/s1. The van der Waals surface area contributed by atoms with Gasteiger partial charge in [0.2, 0.25) is 0 Å². The molecule has 0 fully saturated rings. The van der Waals surface area contributed by atoms with Crippen molar-refractivity contribution in [2.24, 2.45) is 0 Å². The summed E-state index contributed by atoms with van der Waals surface area (Å²) in [4.78, 5) is 23.5. The summed E-state index contributed by atoms with van der Waals surface area (Å²) in [6.45, 7) is 7.90. The molecule has 0 unspecified atom stereocenters. The zero-order valence-corrected chi connectivity index (χ0v) is 18.4. The van der Waals surface area contributed by atoms with Crippen LogP contribution in [0.4, 0.5) is 4.79 Å². The SMILES string of the molecule is CC(C)(C)NCCCOc1ccc(C[C@H](NC(=O)OCc2ccccc2)C(=O)O)cc1. The van der Waals surface area contributed by atoms with Crippen molar-refractivity contribution in [1.82, 2.24) is 10.6 Å². The lowest BCUT2D eigenvalue weighted by Crippen LogP contribution is -2.42. The van der Waals surface area contributed by atoms with E-state index in [9.17, 15) is 14.7 Å². The molecule has 0 bridgehead atoms. The first-order chi connectivity index (χ1) is 14.7. The molecule has 2 aromatic carbocycles. The van der Waals surface area contributed by atoms with Crippen LogP contribution in [0, 0.1) is 0 Å². The Labute approximate surface area is 183 Å². The van der Waals surface area contributed by atoms with Gasteiger partial charge in [0.25, 0.3) is 0 Å². The number of ether oxygens (including phenoxy) is 2. The van der Waals surface area contributed by atoms with Crippen LogP contribution in [-0.4, -0.2) is 41.9 Å². The van der Waals surface area contributed by atoms with Crippen molar-refractivity contribution < 1.29 is 24.2 Å². The van der Waals surface area contributed by atoms with Crippen molar-refractivity contribution in [3.63, 3.8) is 0 Å². The number of nitrogens with one attached hydrogen (secondary N) is 2. The molecule has 3 N–H and O–H groups in total. The number of hydrogen-bond acceptors (Lipinski definition) is 5. The van der Waals surface area contributed by atoms with E-state index in [1.807, 2.05) is 30.3 Å². The van der Waals surface area contributed by atoms with E-state index in [1.165, 1.54) is 0 Å². The number of alkyl carbamates (subject to hydrolysis) is 1. The second kappa shape index (κ2) is 12.0. The Morgan fingerprint density at radius 1 is 1.00 bits per heavy atom. The third kappa shape index (κ3) is 10.00. The maximum Gasteiger partial charge on any atom is 0.408 e. The lowest BCUT2D eigenvalue weighted by molar-refractivity contribution is -0.139. The van der Waals surface area contributed by atoms with Crippen LogP contribution >= 0.6 is 0 Å². The highest BCUT2D eigenvalue weighted by Gasteiger charge is 2.21. The molecule has 0 saturated carbocycles. The third-order valence-corrected chi connectivity index (χ3v) is 4.41. The molecule has 1 amide bonds. The van der Waals surface area contributed by atoms with Crippen LogP contribution in [0.3, 0.4) is 0 Å². The average Bonchev–Trinajstić information content (AvgIpc) is 2.72. The molecule has 2 aromatic rings. The molecule has 1 atom stereocenters. The molecule has 2 rings (SSSR count). The summed E-state index contributed by atoms with van der Waals surface area (Å²) in [5.74, 6) is -0.398. The van der Waals surface area contributed by atoms with Crippen molar-refractivity contribution in [3.05, 3.63) is 65.7 Å². The molecule has 0 aliphatic carbocycles. The van der Waals surface area contributed by atoms with Gasteiger partial charge in [-0.2, -0.15) is 0 Å². The molecule has 0 radical (unpaired) electrons. The van der Waals surface area contributed by atoms with Crippen LogP contribution in [0.2, 0.25) is 0 Å². The maximum atomic E-state index is 12.0. The molecule has 0 aliphatic heterocycles. The number of carboxylic acids is 1. The highest BCUT2D eigenvalue weighted by Crippen LogP contribution is 2.14. The van der Waals surface area contributed by atoms with Crippen molar-refractivity contribution >= 4 is 12.1 Å². The molecule has 7 heteroatoms. The summed E-state index contributed by atoms with van der Waals surface area (Å²) in [5, 5.41) is 15.3. The minimum atomic E-state index is -1.12. The van der Waals surface area contributed by atoms with Gasteiger partial charge in [0.05, 0.1) is 6.61 Å². The van der Waals surface area contributed by atoms with Gasteiger partial charge in [0.1, 0.15) is 18.4 Å². The van der Waals surface area contributed by atoms with Crippen LogP contribution in [0.25, 0.3) is 0 Å². The minimum absolute atomic E-state index is 0.0797. The number of carboxylic acid groups (broad SMARTS) is 1. The van der Waals surface area contributed by atoms with Gasteiger partial charge in [-0.3, -0.25) is 0 Å². The van der Waals surface area contributed by atoms with Crippen LogP contribution in [0.15, 0.2) is 54.6 Å².